The van der Waals surface area contributed by atoms with Crippen molar-refractivity contribution in [3.05, 3.63) is 71.4 Å². The lowest BCUT2D eigenvalue weighted by Crippen LogP contribution is -2.24. The van der Waals surface area contributed by atoms with E-state index in [1.807, 2.05) is 0 Å². The van der Waals surface area contributed by atoms with Gasteiger partial charge in [-0.2, -0.15) is 0 Å². The van der Waals surface area contributed by atoms with Crippen LogP contribution >= 0.6 is 0 Å². The summed E-state index contributed by atoms with van der Waals surface area (Å²) in [5.41, 5.74) is 5.14. The molecule has 144 valence electrons. The van der Waals surface area contributed by atoms with Crippen molar-refractivity contribution in [2.24, 2.45) is 0 Å². The minimum Gasteiger partial charge on any atom is -0.354 e. The molecule has 3 heteroatoms. The highest BCUT2D eigenvalue weighted by Gasteiger charge is 2.21. The van der Waals surface area contributed by atoms with Crippen LogP contribution in [0.25, 0.3) is 10.9 Å². The molecule has 0 radical (unpaired) electrons. The van der Waals surface area contributed by atoms with E-state index in [2.05, 4.69) is 92.7 Å². The van der Waals surface area contributed by atoms with Crippen molar-refractivity contribution >= 4 is 19.0 Å². The molecule has 3 rings (SSSR count). The molecule has 0 bridgehead atoms. The summed E-state index contributed by atoms with van der Waals surface area (Å²) in [6.45, 7) is 12.4. The molecule has 0 aliphatic carbocycles. The summed E-state index contributed by atoms with van der Waals surface area (Å²) in [6, 6.07) is 21.0. The van der Waals surface area contributed by atoms with Crippen molar-refractivity contribution in [1.82, 2.24) is 4.57 Å². The second-order valence-electron chi connectivity index (χ2n) is 8.76. The van der Waals surface area contributed by atoms with E-state index in [9.17, 15) is 0 Å². The third-order valence-electron chi connectivity index (χ3n) is 5.06. The average molecular weight is 380 g/mol. The highest BCUT2D eigenvalue weighted by Crippen LogP contribution is 2.31. The van der Waals surface area contributed by atoms with E-state index >= 15 is 0 Å². The first-order valence-electron chi connectivity index (χ1n) is 10.2. The average Bonchev–Trinajstić information content (AvgIpc) is 2.97. The van der Waals surface area contributed by atoms with Crippen molar-refractivity contribution in [2.45, 2.75) is 58.6 Å². The van der Waals surface area contributed by atoms with Crippen LogP contribution in [0.5, 0.6) is 0 Å². The first-order valence-corrected chi connectivity index (χ1v) is 13.9. The van der Waals surface area contributed by atoms with Gasteiger partial charge in [0.2, 0.25) is 0 Å². The van der Waals surface area contributed by atoms with E-state index in [0.717, 1.165) is 19.4 Å². The summed E-state index contributed by atoms with van der Waals surface area (Å²) in [5, 5.41) is 1.30. The van der Waals surface area contributed by atoms with Gasteiger partial charge in [-0.25, -0.2) is 0 Å². The summed E-state index contributed by atoms with van der Waals surface area (Å²) >= 11 is 0. The molecule has 0 saturated carbocycles. The zero-order valence-corrected chi connectivity index (χ0v) is 18.5. The highest BCUT2D eigenvalue weighted by atomic mass is 28.3. The second-order valence-corrected chi connectivity index (χ2v) is 14.4. The normalized spacial score (nSPS) is 13.2. The van der Waals surface area contributed by atoms with Gasteiger partial charge in [-0.1, -0.05) is 81.0 Å². The van der Waals surface area contributed by atoms with Crippen molar-refractivity contribution < 1.29 is 4.74 Å². The van der Waals surface area contributed by atoms with E-state index in [1.165, 1.54) is 33.8 Å². The summed E-state index contributed by atoms with van der Waals surface area (Å²) in [7, 11) is -1.14. The van der Waals surface area contributed by atoms with Gasteiger partial charge in [-0.3, -0.25) is 0 Å². The number of aromatic nitrogens is 1. The Balaban J connectivity index is 2.05. The van der Waals surface area contributed by atoms with Gasteiger partial charge < -0.3 is 9.30 Å². The smallest absolute Gasteiger partial charge is 0.160 e. The molecule has 0 saturated heterocycles. The Labute approximate surface area is 165 Å². The van der Waals surface area contributed by atoms with Crippen LogP contribution in [-0.4, -0.2) is 19.2 Å². The Morgan fingerprint density at radius 1 is 1.00 bits per heavy atom. The molecule has 0 aliphatic rings. The van der Waals surface area contributed by atoms with Crippen LogP contribution in [0.1, 0.15) is 36.4 Å². The first-order chi connectivity index (χ1) is 12.9. The molecular weight excluding hydrogens is 346 g/mol. The molecule has 0 spiro atoms. The summed E-state index contributed by atoms with van der Waals surface area (Å²) < 4.78 is 9.01. The van der Waals surface area contributed by atoms with Gasteiger partial charge in [-0.15, -0.1) is 0 Å². The van der Waals surface area contributed by atoms with Gasteiger partial charge in [0.25, 0.3) is 0 Å². The highest BCUT2D eigenvalue weighted by molar-refractivity contribution is 6.76. The van der Waals surface area contributed by atoms with Gasteiger partial charge in [0.1, 0.15) is 0 Å². The SMILES string of the molecule is CCCc1cc2ccccc2n1C(OCC[Si](C)(C)C)c1ccc(C)cc1. The third kappa shape index (κ3) is 4.91. The van der Waals surface area contributed by atoms with E-state index < -0.39 is 8.07 Å². The number of hydrogen-bond donors (Lipinski definition) is 0. The number of fused-ring (bicyclic) bond motifs is 1. The summed E-state index contributed by atoms with van der Waals surface area (Å²) in [4.78, 5) is 0. The van der Waals surface area contributed by atoms with Gasteiger partial charge in [-0.05, 0) is 36.9 Å². The van der Waals surface area contributed by atoms with Crippen LogP contribution < -0.4 is 0 Å². The predicted octanol–water partition coefficient (Wildman–Crippen LogP) is 6.80. The number of benzene rings is 2. The van der Waals surface area contributed by atoms with E-state index in [0.29, 0.717) is 0 Å². The van der Waals surface area contributed by atoms with Crippen LogP contribution in [0.15, 0.2) is 54.6 Å². The minimum atomic E-state index is -1.14. The number of hydrogen-bond acceptors (Lipinski definition) is 1. The number of aryl methyl sites for hydroxylation is 2. The molecule has 0 amide bonds. The molecule has 0 fully saturated rings. The molecule has 2 nitrogen and oxygen atoms in total. The maximum Gasteiger partial charge on any atom is 0.160 e. The molecule has 1 unspecified atom stereocenters. The quantitative estimate of drug-likeness (QED) is 0.392. The Bertz CT molecular complexity index is 874. The molecular formula is C24H33NOSi. The second kappa shape index (κ2) is 8.45. The minimum absolute atomic E-state index is 0.0663. The Kier molecular flexibility index (Phi) is 6.23. The van der Waals surface area contributed by atoms with E-state index in [-0.39, 0.29) is 6.23 Å². The lowest BCUT2D eigenvalue weighted by Gasteiger charge is -2.26. The van der Waals surface area contributed by atoms with Crippen LogP contribution in [0.3, 0.4) is 0 Å². The summed E-state index contributed by atoms with van der Waals surface area (Å²) in [6.07, 6.45) is 2.13. The van der Waals surface area contributed by atoms with Gasteiger partial charge in [0, 0.05) is 25.9 Å². The lowest BCUT2D eigenvalue weighted by atomic mass is 10.1. The number of ether oxygens (including phenoxy) is 1. The number of nitrogens with zero attached hydrogens (tertiary/aromatic N) is 1. The standard InChI is InChI=1S/C24H33NOSi/c1-6-9-22-18-21-10-7-8-11-23(21)25(22)24(26-16-17-27(3,4)5)20-14-12-19(2)13-15-20/h7-8,10-15,18,24H,6,9,16-17H2,1-5H3. The molecule has 27 heavy (non-hydrogen) atoms. The molecule has 2 aromatic carbocycles. The topological polar surface area (TPSA) is 14.2 Å². The van der Waals surface area contributed by atoms with Gasteiger partial charge >= 0.3 is 0 Å². The molecule has 0 aliphatic heterocycles. The van der Waals surface area contributed by atoms with Crippen LogP contribution in [0, 0.1) is 6.92 Å². The fourth-order valence-corrected chi connectivity index (χ4v) is 4.22. The zero-order valence-electron chi connectivity index (χ0n) is 17.5. The van der Waals surface area contributed by atoms with Gasteiger partial charge in [0.15, 0.2) is 6.23 Å². The zero-order chi connectivity index (χ0) is 19.4. The molecule has 1 aromatic heterocycles. The van der Waals surface area contributed by atoms with E-state index in [1.54, 1.807) is 0 Å². The van der Waals surface area contributed by atoms with Crippen LogP contribution in [0.4, 0.5) is 0 Å². The molecule has 1 atom stereocenters. The Morgan fingerprint density at radius 2 is 1.70 bits per heavy atom. The van der Waals surface area contributed by atoms with Crippen LogP contribution in [0.2, 0.25) is 25.7 Å². The monoisotopic (exact) mass is 379 g/mol. The first kappa shape index (κ1) is 19.9. The third-order valence-corrected chi connectivity index (χ3v) is 6.76. The number of para-hydroxylation sites is 1. The van der Waals surface area contributed by atoms with Crippen molar-refractivity contribution in [3.8, 4) is 0 Å². The maximum absolute atomic E-state index is 6.58. The Hall–Kier alpha value is -1.84. The molecule has 0 N–H and O–H groups in total. The lowest BCUT2D eigenvalue weighted by molar-refractivity contribution is 0.0419. The van der Waals surface area contributed by atoms with Crippen molar-refractivity contribution in [2.75, 3.05) is 6.61 Å². The van der Waals surface area contributed by atoms with Crippen molar-refractivity contribution in [3.63, 3.8) is 0 Å². The fourth-order valence-electron chi connectivity index (χ4n) is 3.49. The summed E-state index contributed by atoms with van der Waals surface area (Å²) in [5.74, 6) is 0. The van der Waals surface area contributed by atoms with Crippen molar-refractivity contribution in [1.29, 1.82) is 0 Å². The largest absolute Gasteiger partial charge is 0.354 e. The fraction of sp³-hybridized carbons (Fsp3) is 0.417. The van der Waals surface area contributed by atoms with Crippen LogP contribution in [-0.2, 0) is 11.2 Å². The maximum atomic E-state index is 6.58. The molecule has 1 heterocycles. The van der Waals surface area contributed by atoms with E-state index in [4.69, 9.17) is 4.74 Å². The Morgan fingerprint density at radius 3 is 2.37 bits per heavy atom. The predicted molar refractivity (Wildman–Crippen MR) is 119 cm³/mol. The molecule has 3 aromatic rings. The van der Waals surface area contributed by atoms with Gasteiger partial charge in [0.05, 0.1) is 5.52 Å². The number of rotatable bonds is 8.